The van der Waals surface area contributed by atoms with Gasteiger partial charge in [0.2, 0.25) is 0 Å². The molecular formula is C28H29N5O4. The minimum atomic E-state index is -0.639. The maximum absolute atomic E-state index is 13.5. The number of nitrogens with zero attached hydrogens (tertiary/aromatic N) is 2. The SMILES string of the molecule is COC(=O)Nc1ccc(-c2cnc3[nH]cc(-c4ccccc4OC)c3c2)cc1C(=O)N1CC[C@@H](CN)C1. The van der Waals surface area contributed by atoms with Crippen molar-refractivity contribution < 1.29 is 19.1 Å². The quantitative estimate of drug-likeness (QED) is 0.359. The number of aromatic amines is 1. The molecule has 5 rings (SSSR count). The summed E-state index contributed by atoms with van der Waals surface area (Å²) in [4.78, 5) is 35.1. The van der Waals surface area contributed by atoms with Crippen LogP contribution in [0.5, 0.6) is 5.75 Å². The van der Waals surface area contributed by atoms with Gasteiger partial charge in [0.25, 0.3) is 5.91 Å². The molecule has 0 unspecified atom stereocenters. The number of fused-ring (bicyclic) bond motifs is 1. The van der Waals surface area contributed by atoms with Crippen LogP contribution in [0.25, 0.3) is 33.3 Å². The Kier molecular flexibility index (Phi) is 6.78. The predicted molar refractivity (Wildman–Crippen MR) is 143 cm³/mol. The molecule has 3 heterocycles. The van der Waals surface area contributed by atoms with Gasteiger partial charge in [-0.2, -0.15) is 0 Å². The van der Waals surface area contributed by atoms with Crippen LogP contribution in [-0.2, 0) is 4.74 Å². The van der Waals surface area contributed by atoms with E-state index in [1.807, 2.05) is 42.6 Å². The Morgan fingerprint density at radius 1 is 1.14 bits per heavy atom. The van der Waals surface area contributed by atoms with Crippen molar-refractivity contribution in [3.8, 4) is 28.0 Å². The summed E-state index contributed by atoms with van der Waals surface area (Å²) in [5, 5.41) is 3.60. The molecule has 37 heavy (non-hydrogen) atoms. The molecule has 0 aliphatic carbocycles. The molecule has 2 aromatic heterocycles. The average Bonchev–Trinajstić information content (AvgIpc) is 3.60. The van der Waals surface area contributed by atoms with Gasteiger partial charge in [-0.1, -0.05) is 24.3 Å². The van der Waals surface area contributed by atoms with Crippen molar-refractivity contribution >= 4 is 28.7 Å². The van der Waals surface area contributed by atoms with Gasteiger partial charge in [0, 0.05) is 47.6 Å². The lowest BCUT2D eigenvalue weighted by Gasteiger charge is -2.19. The second kappa shape index (κ2) is 10.3. The first-order chi connectivity index (χ1) is 18.0. The van der Waals surface area contributed by atoms with Crippen LogP contribution in [0.2, 0.25) is 0 Å². The number of aromatic nitrogens is 2. The summed E-state index contributed by atoms with van der Waals surface area (Å²) < 4.78 is 10.3. The van der Waals surface area contributed by atoms with Gasteiger partial charge in [-0.3, -0.25) is 10.1 Å². The average molecular weight is 500 g/mol. The highest BCUT2D eigenvalue weighted by Crippen LogP contribution is 2.36. The maximum Gasteiger partial charge on any atom is 0.411 e. The van der Waals surface area contributed by atoms with Crippen LogP contribution in [0.1, 0.15) is 16.8 Å². The third-order valence-corrected chi connectivity index (χ3v) is 6.84. The lowest BCUT2D eigenvalue weighted by Crippen LogP contribution is -2.30. The second-order valence-corrected chi connectivity index (χ2v) is 9.04. The van der Waals surface area contributed by atoms with Crippen LogP contribution in [0.15, 0.2) is 60.9 Å². The minimum Gasteiger partial charge on any atom is -0.496 e. The number of likely N-dealkylation sites (tertiary alicyclic amines) is 1. The van der Waals surface area contributed by atoms with E-state index in [9.17, 15) is 9.59 Å². The molecule has 0 radical (unpaired) electrons. The van der Waals surface area contributed by atoms with Crippen LogP contribution in [0.4, 0.5) is 10.5 Å². The summed E-state index contributed by atoms with van der Waals surface area (Å²) >= 11 is 0. The summed E-state index contributed by atoms with van der Waals surface area (Å²) in [6.45, 7) is 1.76. The van der Waals surface area contributed by atoms with E-state index in [1.165, 1.54) is 7.11 Å². The zero-order chi connectivity index (χ0) is 25.9. The zero-order valence-electron chi connectivity index (χ0n) is 20.8. The Balaban J connectivity index is 1.56. The minimum absolute atomic E-state index is 0.158. The molecule has 9 nitrogen and oxygen atoms in total. The van der Waals surface area contributed by atoms with E-state index < -0.39 is 6.09 Å². The van der Waals surface area contributed by atoms with Crippen molar-refractivity contribution in [2.24, 2.45) is 11.7 Å². The molecule has 1 saturated heterocycles. The standard InChI is InChI=1S/C28H29N5O4/c1-36-25-6-4-3-5-20(25)23-15-31-26-21(23)12-19(14-30-26)18-7-8-24(32-28(35)37-2)22(11-18)27(34)33-10-9-17(13-29)16-33/h3-8,11-12,14-15,17H,9-10,13,16,29H2,1-2H3,(H,30,31)(H,32,35)/t17-/m0/s1. The number of ether oxygens (including phenoxy) is 2. The van der Waals surface area contributed by atoms with E-state index in [0.717, 1.165) is 45.5 Å². The lowest BCUT2D eigenvalue weighted by atomic mass is 9.99. The van der Waals surface area contributed by atoms with E-state index in [0.29, 0.717) is 30.9 Å². The van der Waals surface area contributed by atoms with Crippen LogP contribution in [0.3, 0.4) is 0 Å². The fraction of sp³-hybridized carbons (Fsp3) is 0.250. The molecule has 1 aliphatic rings. The Labute approximate surface area is 214 Å². The highest BCUT2D eigenvalue weighted by molar-refractivity contribution is 6.04. The number of nitrogens with one attached hydrogen (secondary N) is 2. The van der Waals surface area contributed by atoms with Crippen molar-refractivity contribution in [1.29, 1.82) is 0 Å². The Morgan fingerprint density at radius 3 is 2.73 bits per heavy atom. The molecule has 9 heteroatoms. The van der Waals surface area contributed by atoms with Crippen LogP contribution >= 0.6 is 0 Å². The zero-order valence-corrected chi connectivity index (χ0v) is 20.8. The van der Waals surface area contributed by atoms with Gasteiger partial charge >= 0.3 is 6.09 Å². The first-order valence-electron chi connectivity index (χ1n) is 12.1. The largest absolute Gasteiger partial charge is 0.496 e. The van der Waals surface area contributed by atoms with Gasteiger partial charge in [-0.15, -0.1) is 0 Å². The molecule has 190 valence electrons. The van der Waals surface area contributed by atoms with E-state index in [-0.39, 0.29) is 11.8 Å². The lowest BCUT2D eigenvalue weighted by molar-refractivity contribution is 0.0788. The number of hydrogen-bond acceptors (Lipinski definition) is 6. The van der Waals surface area contributed by atoms with Crippen LogP contribution in [-0.4, -0.2) is 60.7 Å². The van der Waals surface area contributed by atoms with Gasteiger partial charge in [-0.05, 0) is 48.7 Å². The van der Waals surface area contributed by atoms with E-state index in [2.05, 4.69) is 15.3 Å². The van der Waals surface area contributed by atoms with E-state index in [4.69, 9.17) is 15.2 Å². The number of hydrogen-bond donors (Lipinski definition) is 3. The van der Waals surface area contributed by atoms with Gasteiger partial charge in [-0.25, -0.2) is 9.78 Å². The topological polar surface area (TPSA) is 123 Å². The number of carbonyl (C=O) groups excluding carboxylic acids is 2. The van der Waals surface area contributed by atoms with E-state index >= 15 is 0 Å². The normalized spacial score (nSPS) is 15.1. The highest BCUT2D eigenvalue weighted by atomic mass is 16.5. The Hall–Kier alpha value is -4.37. The van der Waals surface area contributed by atoms with Crippen molar-refractivity contribution in [2.75, 3.05) is 39.2 Å². The number of rotatable bonds is 6. The van der Waals surface area contributed by atoms with Crippen molar-refractivity contribution in [3.63, 3.8) is 0 Å². The van der Waals surface area contributed by atoms with Gasteiger partial charge in [0.05, 0.1) is 25.5 Å². The number of anilines is 1. The molecule has 0 bridgehead atoms. The van der Waals surface area contributed by atoms with Gasteiger partial charge in [0.15, 0.2) is 0 Å². The third-order valence-electron chi connectivity index (χ3n) is 6.84. The number of amides is 2. The molecule has 0 spiro atoms. The number of methoxy groups -OCH3 is 2. The number of H-pyrrole nitrogens is 1. The molecule has 4 N–H and O–H groups in total. The highest BCUT2D eigenvalue weighted by Gasteiger charge is 2.28. The monoisotopic (exact) mass is 499 g/mol. The smallest absolute Gasteiger partial charge is 0.411 e. The Bertz CT molecular complexity index is 1460. The van der Waals surface area contributed by atoms with Crippen LogP contribution < -0.4 is 15.8 Å². The summed E-state index contributed by atoms with van der Waals surface area (Å²) in [6.07, 6.45) is 3.91. The summed E-state index contributed by atoms with van der Waals surface area (Å²) in [5.41, 5.74) is 10.9. The van der Waals surface area contributed by atoms with Crippen molar-refractivity contribution in [3.05, 3.63) is 66.5 Å². The molecular weight excluding hydrogens is 470 g/mol. The van der Waals surface area contributed by atoms with Crippen molar-refractivity contribution in [2.45, 2.75) is 6.42 Å². The number of nitrogens with two attached hydrogens (primary N) is 1. The third kappa shape index (κ3) is 4.73. The predicted octanol–water partition coefficient (Wildman–Crippen LogP) is 4.50. The molecule has 1 fully saturated rings. The fourth-order valence-electron chi connectivity index (χ4n) is 4.80. The second-order valence-electron chi connectivity index (χ2n) is 9.04. The van der Waals surface area contributed by atoms with Gasteiger partial charge in [0.1, 0.15) is 11.4 Å². The molecule has 2 amide bonds. The summed E-state index contributed by atoms with van der Waals surface area (Å²) in [6, 6.07) is 15.2. The van der Waals surface area contributed by atoms with Crippen LogP contribution in [0, 0.1) is 5.92 Å². The molecule has 2 aromatic carbocycles. The first-order valence-corrected chi connectivity index (χ1v) is 12.1. The molecule has 1 atom stereocenters. The number of benzene rings is 2. The Morgan fingerprint density at radius 2 is 1.97 bits per heavy atom. The summed E-state index contributed by atoms with van der Waals surface area (Å²) in [5.74, 6) is 0.883. The number of para-hydroxylation sites is 1. The first kappa shape index (κ1) is 24.3. The summed E-state index contributed by atoms with van der Waals surface area (Å²) in [7, 11) is 2.94. The maximum atomic E-state index is 13.5. The van der Waals surface area contributed by atoms with Crippen molar-refractivity contribution in [1.82, 2.24) is 14.9 Å². The number of carbonyl (C=O) groups is 2. The molecule has 0 saturated carbocycles. The van der Waals surface area contributed by atoms with Gasteiger partial charge < -0.3 is 25.1 Å². The molecule has 1 aliphatic heterocycles. The fourth-order valence-corrected chi connectivity index (χ4v) is 4.80. The van der Waals surface area contributed by atoms with E-state index in [1.54, 1.807) is 30.3 Å². The molecule has 4 aromatic rings. The number of pyridine rings is 1.